The van der Waals surface area contributed by atoms with Crippen LogP contribution >= 0.6 is 11.6 Å². The van der Waals surface area contributed by atoms with Gasteiger partial charge in [0.05, 0.1) is 17.0 Å². The molecule has 0 radical (unpaired) electrons. The van der Waals surface area contributed by atoms with Crippen LogP contribution in [0.3, 0.4) is 0 Å². The van der Waals surface area contributed by atoms with E-state index < -0.39 is 0 Å². The van der Waals surface area contributed by atoms with Crippen LogP contribution in [0.1, 0.15) is 48.0 Å². The molecule has 1 aliphatic carbocycles. The number of rotatable bonds is 2. The zero-order valence-electron chi connectivity index (χ0n) is 10.7. The number of nitrogens with one attached hydrogen (secondary N) is 1. The minimum Gasteiger partial charge on any atom is -0.348 e. The maximum absolute atomic E-state index is 12.1. The van der Waals surface area contributed by atoms with E-state index in [0.29, 0.717) is 11.1 Å². The normalized spacial score (nSPS) is 23.2. The van der Waals surface area contributed by atoms with Gasteiger partial charge in [-0.2, -0.15) is 5.26 Å². The van der Waals surface area contributed by atoms with E-state index in [9.17, 15) is 4.79 Å². The first-order valence-electron chi connectivity index (χ1n) is 6.66. The Morgan fingerprint density at radius 2 is 1.89 bits per heavy atom. The third-order valence-corrected chi connectivity index (χ3v) is 4.05. The van der Waals surface area contributed by atoms with Crippen molar-refractivity contribution in [2.45, 2.75) is 43.5 Å². The van der Waals surface area contributed by atoms with E-state index in [2.05, 4.69) is 5.32 Å². The van der Waals surface area contributed by atoms with Gasteiger partial charge in [0.25, 0.3) is 5.91 Å². The van der Waals surface area contributed by atoms with Gasteiger partial charge in [0, 0.05) is 11.6 Å². The summed E-state index contributed by atoms with van der Waals surface area (Å²) in [6.07, 6.45) is 5.33. The van der Waals surface area contributed by atoms with Crippen molar-refractivity contribution in [2.75, 3.05) is 0 Å². The average molecular weight is 277 g/mol. The lowest BCUT2D eigenvalue weighted by Crippen LogP contribution is -2.40. The molecule has 0 bridgehead atoms. The molecule has 0 aromatic heterocycles. The molecule has 1 fully saturated rings. The molecule has 100 valence electrons. The number of alkyl halides is 1. The van der Waals surface area contributed by atoms with Gasteiger partial charge in [-0.3, -0.25) is 4.79 Å². The first kappa shape index (κ1) is 13.9. The molecule has 1 amide bonds. The molecule has 2 unspecified atom stereocenters. The summed E-state index contributed by atoms with van der Waals surface area (Å²) in [6, 6.07) is 8.74. The second-order valence-corrected chi connectivity index (χ2v) is 5.48. The summed E-state index contributed by atoms with van der Waals surface area (Å²) in [7, 11) is 0. The van der Waals surface area contributed by atoms with Crippen LogP contribution in [-0.2, 0) is 0 Å². The van der Waals surface area contributed by atoms with Crippen molar-refractivity contribution in [2.24, 2.45) is 0 Å². The van der Waals surface area contributed by atoms with E-state index in [1.807, 2.05) is 6.07 Å². The molecule has 19 heavy (non-hydrogen) atoms. The first-order chi connectivity index (χ1) is 9.20. The van der Waals surface area contributed by atoms with E-state index in [1.54, 1.807) is 24.3 Å². The predicted octanol–water partition coefficient (Wildman–Crippen LogP) is 3.23. The van der Waals surface area contributed by atoms with Crippen LogP contribution in [0, 0.1) is 11.3 Å². The minimum atomic E-state index is -0.109. The molecule has 4 heteroatoms. The number of benzene rings is 1. The van der Waals surface area contributed by atoms with Crippen molar-refractivity contribution in [1.29, 1.82) is 5.26 Å². The van der Waals surface area contributed by atoms with Crippen LogP contribution in [0.4, 0.5) is 0 Å². The van der Waals surface area contributed by atoms with Gasteiger partial charge in [-0.1, -0.05) is 19.3 Å². The number of hydrogen-bond acceptors (Lipinski definition) is 2. The first-order valence-corrected chi connectivity index (χ1v) is 7.09. The average Bonchev–Trinajstić information content (AvgIpc) is 2.64. The Balaban J connectivity index is 2.01. The SMILES string of the molecule is N#Cc1ccc(C(=O)NC2CCCCCC2Cl)cc1. The van der Waals surface area contributed by atoms with Crippen molar-refractivity contribution in [3.8, 4) is 6.07 Å². The summed E-state index contributed by atoms with van der Waals surface area (Å²) in [5.41, 5.74) is 1.13. The molecule has 2 atom stereocenters. The number of carbonyl (C=O) groups is 1. The second-order valence-electron chi connectivity index (χ2n) is 4.92. The number of carbonyl (C=O) groups excluding carboxylic acids is 1. The highest BCUT2D eigenvalue weighted by atomic mass is 35.5. The third kappa shape index (κ3) is 3.71. The van der Waals surface area contributed by atoms with E-state index in [1.165, 1.54) is 6.42 Å². The van der Waals surface area contributed by atoms with E-state index in [4.69, 9.17) is 16.9 Å². The van der Waals surface area contributed by atoms with Crippen LogP contribution in [0.15, 0.2) is 24.3 Å². The van der Waals surface area contributed by atoms with Gasteiger partial charge in [-0.05, 0) is 37.1 Å². The standard InChI is InChI=1S/C15H17ClN2O/c16-13-4-2-1-3-5-14(13)18-15(19)12-8-6-11(10-17)7-9-12/h6-9,13-14H,1-5H2,(H,18,19). The number of halogens is 1. The van der Waals surface area contributed by atoms with E-state index >= 15 is 0 Å². The molecule has 0 heterocycles. The summed E-state index contributed by atoms with van der Waals surface area (Å²) >= 11 is 6.31. The Bertz CT molecular complexity index is 478. The molecule has 1 aromatic rings. The van der Waals surface area contributed by atoms with Gasteiger partial charge in [-0.25, -0.2) is 0 Å². The van der Waals surface area contributed by atoms with Crippen molar-refractivity contribution in [1.82, 2.24) is 5.32 Å². The van der Waals surface area contributed by atoms with Gasteiger partial charge in [0.1, 0.15) is 0 Å². The predicted molar refractivity (Wildman–Crippen MR) is 75.1 cm³/mol. The largest absolute Gasteiger partial charge is 0.348 e. The van der Waals surface area contributed by atoms with Crippen LogP contribution in [0.5, 0.6) is 0 Å². The smallest absolute Gasteiger partial charge is 0.251 e. The number of hydrogen-bond donors (Lipinski definition) is 1. The lowest BCUT2D eigenvalue weighted by Gasteiger charge is -2.21. The number of amides is 1. The van der Waals surface area contributed by atoms with E-state index in [0.717, 1.165) is 25.7 Å². The lowest BCUT2D eigenvalue weighted by molar-refractivity contribution is 0.0934. The monoisotopic (exact) mass is 276 g/mol. The summed E-state index contributed by atoms with van der Waals surface area (Å²) in [4.78, 5) is 12.1. The molecule has 1 saturated carbocycles. The fourth-order valence-electron chi connectivity index (χ4n) is 2.37. The molecule has 1 aromatic carbocycles. The topological polar surface area (TPSA) is 52.9 Å². The van der Waals surface area contributed by atoms with Gasteiger partial charge in [0.15, 0.2) is 0 Å². The Kier molecular flexibility index (Phi) is 4.81. The molecular formula is C15H17ClN2O. The Hall–Kier alpha value is -1.53. The minimum absolute atomic E-state index is 0.0184. The molecule has 1 N–H and O–H groups in total. The zero-order chi connectivity index (χ0) is 13.7. The lowest BCUT2D eigenvalue weighted by atomic mass is 10.1. The van der Waals surface area contributed by atoms with Crippen molar-refractivity contribution >= 4 is 17.5 Å². The van der Waals surface area contributed by atoms with Crippen LogP contribution < -0.4 is 5.32 Å². The summed E-state index contributed by atoms with van der Waals surface area (Å²) in [6.45, 7) is 0. The number of nitrogens with zero attached hydrogens (tertiary/aromatic N) is 1. The zero-order valence-corrected chi connectivity index (χ0v) is 11.5. The molecule has 1 aliphatic rings. The summed E-state index contributed by atoms with van der Waals surface area (Å²) < 4.78 is 0. The van der Waals surface area contributed by atoms with E-state index in [-0.39, 0.29) is 17.3 Å². The van der Waals surface area contributed by atoms with Gasteiger partial charge >= 0.3 is 0 Å². The molecule has 0 aliphatic heterocycles. The fourth-order valence-corrected chi connectivity index (χ4v) is 2.72. The molecule has 0 spiro atoms. The van der Waals surface area contributed by atoms with Crippen molar-refractivity contribution in [3.05, 3.63) is 35.4 Å². The van der Waals surface area contributed by atoms with Crippen molar-refractivity contribution < 1.29 is 4.79 Å². The molecular weight excluding hydrogens is 260 g/mol. The summed E-state index contributed by atoms with van der Waals surface area (Å²) in [5, 5.41) is 11.8. The molecule has 3 nitrogen and oxygen atoms in total. The van der Waals surface area contributed by atoms with Crippen LogP contribution in [0.2, 0.25) is 0 Å². The van der Waals surface area contributed by atoms with Crippen molar-refractivity contribution in [3.63, 3.8) is 0 Å². The maximum Gasteiger partial charge on any atom is 0.251 e. The quantitative estimate of drug-likeness (QED) is 0.666. The highest BCUT2D eigenvalue weighted by Crippen LogP contribution is 2.22. The molecule has 2 rings (SSSR count). The van der Waals surface area contributed by atoms with Crippen LogP contribution in [-0.4, -0.2) is 17.3 Å². The Morgan fingerprint density at radius 1 is 1.21 bits per heavy atom. The third-order valence-electron chi connectivity index (χ3n) is 3.52. The highest BCUT2D eigenvalue weighted by Gasteiger charge is 2.23. The van der Waals surface area contributed by atoms with Gasteiger partial charge in [0.2, 0.25) is 0 Å². The fraction of sp³-hybridized carbons (Fsp3) is 0.467. The second kappa shape index (κ2) is 6.58. The molecule has 0 saturated heterocycles. The highest BCUT2D eigenvalue weighted by molar-refractivity contribution is 6.21. The Morgan fingerprint density at radius 3 is 2.58 bits per heavy atom. The van der Waals surface area contributed by atoms with Gasteiger partial charge < -0.3 is 5.32 Å². The van der Waals surface area contributed by atoms with Gasteiger partial charge in [-0.15, -0.1) is 11.6 Å². The van der Waals surface area contributed by atoms with Crippen LogP contribution in [0.25, 0.3) is 0 Å². The summed E-state index contributed by atoms with van der Waals surface area (Å²) in [5.74, 6) is -0.109. The Labute approximate surface area is 118 Å². The maximum atomic E-state index is 12.1. The number of nitriles is 1.